The van der Waals surface area contributed by atoms with Crippen LogP contribution < -0.4 is 10.2 Å². The van der Waals surface area contributed by atoms with Gasteiger partial charge in [-0.1, -0.05) is 0 Å². The van der Waals surface area contributed by atoms with Crippen LogP contribution in [-0.4, -0.2) is 42.6 Å². The molecule has 1 atom stereocenters. The SMILES string of the molecule is C[C@@H](NC(=O)COC(=O)C1CCN(c2ccc(C(F)(F)F)cn2)CC1)C12CC3CC(CC(C3)C1)C2. The Morgan fingerprint density at radius 2 is 1.71 bits per heavy atom. The van der Waals surface area contributed by atoms with Gasteiger partial charge in [0, 0.05) is 25.3 Å². The molecule has 0 spiro atoms. The number of hydrogen-bond donors (Lipinski definition) is 1. The first-order valence-electron chi connectivity index (χ1n) is 12.9. The van der Waals surface area contributed by atoms with Crippen molar-refractivity contribution in [3.63, 3.8) is 0 Å². The Kier molecular flexibility index (Phi) is 6.46. The minimum Gasteiger partial charge on any atom is -0.455 e. The van der Waals surface area contributed by atoms with Crippen LogP contribution in [0.5, 0.6) is 0 Å². The summed E-state index contributed by atoms with van der Waals surface area (Å²) < 4.78 is 43.6. The molecule has 6 nitrogen and oxygen atoms in total. The standard InChI is InChI=1S/C26H34F3N3O3/c1-16(25-11-17-8-18(12-25)10-19(9-17)13-25)31-23(33)15-35-24(34)20-4-6-32(7-5-20)22-3-2-21(14-30-22)26(27,28)29/h2-3,14,16-20H,4-13,15H2,1H3,(H,31,33)/t16-,17?,18?,19?,25?/m1/s1. The molecule has 1 amide bonds. The second-order valence-electron chi connectivity index (χ2n) is 11.3. The van der Waals surface area contributed by atoms with E-state index in [1.165, 1.54) is 44.6 Å². The first kappa shape index (κ1) is 24.4. The van der Waals surface area contributed by atoms with E-state index in [9.17, 15) is 22.8 Å². The van der Waals surface area contributed by atoms with E-state index >= 15 is 0 Å². The average Bonchev–Trinajstić information content (AvgIpc) is 2.81. The fourth-order valence-corrected chi connectivity index (χ4v) is 7.48. The highest BCUT2D eigenvalue weighted by molar-refractivity contribution is 5.81. The summed E-state index contributed by atoms with van der Waals surface area (Å²) in [7, 11) is 0. The Labute approximate surface area is 204 Å². The van der Waals surface area contributed by atoms with Crippen molar-refractivity contribution in [1.82, 2.24) is 10.3 Å². The third kappa shape index (κ3) is 5.14. The molecule has 1 saturated heterocycles. The van der Waals surface area contributed by atoms with Gasteiger partial charge < -0.3 is 15.0 Å². The molecule has 1 aromatic heterocycles. The molecule has 6 rings (SSSR count). The van der Waals surface area contributed by atoms with Gasteiger partial charge in [0.05, 0.1) is 11.5 Å². The molecule has 0 aromatic carbocycles. The number of pyridine rings is 1. The Hall–Kier alpha value is -2.32. The molecule has 4 aliphatic carbocycles. The minimum atomic E-state index is -4.42. The third-order valence-corrected chi connectivity index (χ3v) is 8.95. The number of aromatic nitrogens is 1. The molecular formula is C26H34F3N3O3. The van der Waals surface area contributed by atoms with E-state index in [-0.39, 0.29) is 35.9 Å². The maximum Gasteiger partial charge on any atom is 0.417 e. The van der Waals surface area contributed by atoms with E-state index in [2.05, 4.69) is 17.2 Å². The molecule has 9 heteroatoms. The van der Waals surface area contributed by atoms with E-state index in [1.807, 2.05) is 4.90 Å². The summed E-state index contributed by atoms with van der Waals surface area (Å²) in [5.74, 6) is 1.93. The maximum atomic E-state index is 12.7. The lowest BCUT2D eigenvalue weighted by molar-refractivity contribution is -0.154. The van der Waals surface area contributed by atoms with Crippen molar-refractivity contribution < 1.29 is 27.5 Å². The number of anilines is 1. The molecule has 5 fully saturated rings. The number of halogens is 3. The number of esters is 1. The smallest absolute Gasteiger partial charge is 0.417 e. The van der Waals surface area contributed by atoms with Crippen molar-refractivity contribution in [3.05, 3.63) is 23.9 Å². The highest BCUT2D eigenvalue weighted by atomic mass is 19.4. The quantitative estimate of drug-likeness (QED) is 0.588. The second kappa shape index (κ2) is 9.28. The number of amides is 1. The predicted octanol–water partition coefficient (Wildman–Crippen LogP) is 4.58. The molecule has 4 bridgehead atoms. The Morgan fingerprint density at radius 1 is 1.11 bits per heavy atom. The Morgan fingerprint density at radius 3 is 2.23 bits per heavy atom. The molecular weight excluding hydrogens is 459 g/mol. The van der Waals surface area contributed by atoms with Gasteiger partial charge in [0.2, 0.25) is 0 Å². The number of nitrogens with zero attached hydrogens (tertiary/aromatic N) is 2. The minimum absolute atomic E-state index is 0.0848. The number of ether oxygens (including phenoxy) is 1. The number of hydrogen-bond acceptors (Lipinski definition) is 5. The van der Waals surface area contributed by atoms with Crippen LogP contribution in [0.3, 0.4) is 0 Å². The predicted molar refractivity (Wildman–Crippen MR) is 123 cm³/mol. The van der Waals surface area contributed by atoms with E-state index in [0.29, 0.717) is 31.7 Å². The normalized spacial score (nSPS) is 31.3. The molecule has 1 aromatic rings. The summed E-state index contributed by atoms with van der Waals surface area (Å²) in [4.78, 5) is 30.9. The highest BCUT2D eigenvalue weighted by Gasteiger charge is 2.53. The van der Waals surface area contributed by atoms with Crippen molar-refractivity contribution >= 4 is 17.7 Å². The van der Waals surface area contributed by atoms with Crippen LogP contribution in [0.15, 0.2) is 18.3 Å². The van der Waals surface area contributed by atoms with Gasteiger partial charge in [0.15, 0.2) is 6.61 Å². The third-order valence-electron chi connectivity index (χ3n) is 8.95. The first-order chi connectivity index (χ1) is 16.6. The van der Waals surface area contributed by atoms with Gasteiger partial charge in [-0.2, -0.15) is 13.2 Å². The van der Waals surface area contributed by atoms with Crippen molar-refractivity contribution in [2.45, 2.75) is 70.5 Å². The number of piperidine rings is 1. The summed E-state index contributed by atoms with van der Waals surface area (Å²) in [6, 6.07) is 2.46. The van der Waals surface area contributed by atoms with Gasteiger partial charge >= 0.3 is 12.1 Å². The van der Waals surface area contributed by atoms with E-state index < -0.39 is 11.7 Å². The zero-order valence-corrected chi connectivity index (χ0v) is 20.2. The van der Waals surface area contributed by atoms with Gasteiger partial charge in [-0.3, -0.25) is 9.59 Å². The van der Waals surface area contributed by atoms with Gasteiger partial charge in [-0.25, -0.2) is 4.98 Å². The molecule has 5 aliphatic rings. The van der Waals surface area contributed by atoms with Crippen LogP contribution in [0.25, 0.3) is 0 Å². The number of rotatable bonds is 6. The monoisotopic (exact) mass is 493 g/mol. The fraction of sp³-hybridized carbons (Fsp3) is 0.731. The molecule has 192 valence electrons. The zero-order chi connectivity index (χ0) is 24.8. The lowest BCUT2D eigenvalue weighted by atomic mass is 9.48. The molecule has 0 unspecified atom stereocenters. The topological polar surface area (TPSA) is 71.5 Å². The molecule has 4 saturated carbocycles. The number of alkyl halides is 3. The second-order valence-corrected chi connectivity index (χ2v) is 11.3. The first-order valence-corrected chi connectivity index (χ1v) is 12.9. The van der Waals surface area contributed by atoms with Crippen LogP contribution in [0.1, 0.15) is 63.9 Å². The largest absolute Gasteiger partial charge is 0.455 e. The van der Waals surface area contributed by atoms with Crippen molar-refractivity contribution in [1.29, 1.82) is 0 Å². The maximum absolute atomic E-state index is 12.7. The summed E-state index contributed by atoms with van der Waals surface area (Å²) in [5, 5.41) is 3.13. The van der Waals surface area contributed by atoms with Gasteiger partial charge in [-0.05, 0) is 93.6 Å². The van der Waals surface area contributed by atoms with E-state index in [0.717, 1.165) is 30.0 Å². The van der Waals surface area contributed by atoms with Crippen LogP contribution in [0.4, 0.5) is 19.0 Å². The van der Waals surface area contributed by atoms with Gasteiger partial charge in [0.25, 0.3) is 5.91 Å². The average molecular weight is 494 g/mol. The molecule has 1 N–H and O–H groups in total. The van der Waals surface area contributed by atoms with Crippen LogP contribution in [0, 0.1) is 29.1 Å². The van der Waals surface area contributed by atoms with Crippen molar-refractivity contribution in [2.75, 3.05) is 24.6 Å². The number of carbonyl (C=O) groups excluding carboxylic acids is 2. The van der Waals surface area contributed by atoms with Gasteiger partial charge in [-0.15, -0.1) is 0 Å². The molecule has 2 heterocycles. The van der Waals surface area contributed by atoms with E-state index in [1.54, 1.807) is 0 Å². The Balaban J connectivity index is 1.06. The van der Waals surface area contributed by atoms with Crippen molar-refractivity contribution in [2.24, 2.45) is 29.1 Å². The van der Waals surface area contributed by atoms with Crippen LogP contribution in [-0.2, 0) is 20.5 Å². The van der Waals surface area contributed by atoms with Gasteiger partial charge in [0.1, 0.15) is 5.82 Å². The summed E-state index contributed by atoms with van der Waals surface area (Å²) >= 11 is 0. The Bertz CT molecular complexity index is 906. The number of carbonyl (C=O) groups is 2. The summed E-state index contributed by atoms with van der Waals surface area (Å²) in [6.45, 7) is 2.83. The highest BCUT2D eigenvalue weighted by Crippen LogP contribution is 2.61. The summed E-state index contributed by atoms with van der Waals surface area (Å²) in [6.07, 6.45) is 5.09. The molecule has 1 aliphatic heterocycles. The van der Waals surface area contributed by atoms with Crippen LogP contribution in [0.2, 0.25) is 0 Å². The van der Waals surface area contributed by atoms with E-state index in [4.69, 9.17) is 4.74 Å². The molecule has 35 heavy (non-hydrogen) atoms. The molecule has 0 radical (unpaired) electrons. The van der Waals surface area contributed by atoms with Crippen molar-refractivity contribution in [3.8, 4) is 0 Å². The fourth-order valence-electron chi connectivity index (χ4n) is 7.48. The summed E-state index contributed by atoms with van der Waals surface area (Å²) in [5.41, 5.74) is -0.580. The lowest BCUT2D eigenvalue weighted by Crippen LogP contribution is -2.56. The number of nitrogens with one attached hydrogen (secondary N) is 1. The lowest BCUT2D eigenvalue weighted by Gasteiger charge is -2.59. The zero-order valence-electron chi connectivity index (χ0n) is 20.2. The van der Waals surface area contributed by atoms with Crippen LogP contribution >= 0.6 is 0 Å².